The molecule has 0 aromatic heterocycles. The number of hydrogen-bond acceptors (Lipinski definition) is 3. The SMILES string of the molecule is N#Cc1c(F)cccc1S(=O)(=O)N1CCC2CCCCC21. The van der Waals surface area contributed by atoms with Gasteiger partial charge in [0.05, 0.1) is 0 Å². The van der Waals surface area contributed by atoms with Crippen molar-refractivity contribution in [3.8, 4) is 6.07 Å². The fraction of sp³-hybridized carbons (Fsp3) is 0.533. The van der Waals surface area contributed by atoms with Crippen LogP contribution < -0.4 is 0 Å². The van der Waals surface area contributed by atoms with E-state index < -0.39 is 15.8 Å². The summed E-state index contributed by atoms with van der Waals surface area (Å²) in [5.41, 5.74) is -0.378. The van der Waals surface area contributed by atoms with Gasteiger partial charge >= 0.3 is 0 Å². The van der Waals surface area contributed by atoms with Crippen molar-refractivity contribution in [3.63, 3.8) is 0 Å². The maximum absolute atomic E-state index is 13.7. The second-order valence-corrected chi connectivity index (χ2v) is 7.60. The summed E-state index contributed by atoms with van der Waals surface area (Å²) in [7, 11) is -3.80. The van der Waals surface area contributed by atoms with E-state index in [0.29, 0.717) is 12.5 Å². The van der Waals surface area contributed by atoms with Crippen molar-refractivity contribution < 1.29 is 12.8 Å². The van der Waals surface area contributed by atoms with Gasteiger partial charge in [0, 0.05) is 12.6 Å². The number of hydrogen-bond donors (Lipinski definition) is 0. The number of nitrogens with zero attached hydrogens (tertiary/aromatic N) is 2. The average molecular weight is 308 g/mol. The molecule has 112 valence electrons. The summed E-state index contributed by atoms with van der Waals surface area (Å²) in [6.45, 7) is 0.471. The number of nitriles is 1. The van der Waals surface area contributed by atoms with Crippen LogP contribution in [0.1, 0.15) is 37.7 Å². The van der Waals surface area contributed by atoms with Gasteiger partial charge in [-0.3, -0.25) is 0 Å². The molecule has 1 aliphatic heterocycles. The van der Waals surface area contributed by atoms with Gasteiger partial charge in [-0.2, -0.15) is 9.57 Å². The zero-order chi connectivity index (χ0) is 15.0. The zero-order valence-electron chi connectivity index (χ0n) is 11.6. The molecule has 4 nitrogen and oxygen atoms in total. The molecule has 6 heteroatoms. The Morgan fingerprint density at radius 1 is 1.24 bits per heavy atom. The maximum atomic E-state index is 13.7. The minimum atomic E-state index is -3.80. The van der Waals surface area contributed by atoms with Crippen LogP contribution in [-0.4, -0.2) is 25.3 Å². The molecular formula is C15H17FN2O2S. The fourth-order valence-electron chi connectivity index (χ4n) is 3.62. The maximum Gasteiger partial charge on any atom is 0.244 e. The summed E-state index contributed by atoms with van der Waals surface area (Å²) in [6, 6.07) is 5.48. The molecule has 0 bridgehead atoms. The highest BCUT2D eigenvalue weighted by molar-refractivity contribution is 7.89. The van der Waals surface area contributed by atoms with Crippen LogP contribution in [0.2, 0.25) is 0 Å². The summed E-state index contributed by atoms with van der Waals surface area (Å²) in [5.74, 6) is -0.370. The van der Waals surface area contributed by atoms with Gasteiger partial charge in [-0.25, -0.2) is 12.8 Å². The lowest BCUT2D eigenvalue weighted by molar-refractivity contribution is 0.260. The Morgan fingerprint density at radius 2 is 2.00 bits per heavy atom. The molecule has 3 rings (SSSR count). The van der Waals surface area contributed by atoms with E-state index in [1.54, 1.807) is 6.07 Å². The Kier molecular flexibility index (Phi) is 3.72. The van der Waals surface area contributed by atoms with Crippen LogP contribution in [0.25, 0.3) is 0 Å². The highest BCUT2D eigenvalue weighted by Crippen LogP contribution is 2.39. The summed E-state index contributed by atoms with van der Waals surface area (Å²) in [6.07, 6.45) is 4.97. The van der Waals surface area contributed by atoms with E-state index in [9.17, 15) is 12.8 Å². The fourth-order valence-corrected chi connectivity index (χ4v) is 5.50. The third kappa shape index (κ3) is 2.34. The Labute approximate surface area is 124 Å². The van der Waals surface area contributed by atoms with Crippen LogP contribution in [0.5, 0.6) is 0 Å². The zero-order valence-corrected chi connectivity index (χ0v) is 12.4. The van der Waals surface area contributed by atoms with E-state index in [1.807, 2.05) is 0 Å². The first-order chi connectivity index (χ1) is 10.1. The van der Waals surface area contributed by atoms with E-state index in [0.717, 1.165) is 38.2 Å². The van der Waals surface area contributed by atoms with Gasteiger partial charge in [-0.1, -0.05) is 18.9 Å². The molecule has 0 spiro atoms. The van der Waals surface area contributed by atoms with Crippen molar-refractivity contribution in [1.29, 1.82) is 5.26 Å². The molecule has 2 atom stereocenters. The largest absolute Gasteiger partial charge is 0.244 e. The van der Waals surface area contributed by atoms with Gasteiger partial charge in [0.2, 0.25) is 10.0 Å². The van der Waals surface area contributed by atoms with E-state index in [-0.39, 0.29) is 16.5 Å². The van der Waals surface area contributed by atoms with Gasteiger partial charge in [0.1, 0.15) is 22.3 Å². The normalized spacial score (nSPS) is 26.3. The first-order valence-electron chi connectivity index (χ1n) is 7.26. The standard InChI is InChI=1S/C15H17FN2O2S/c16-13-5-3-7-15(12(13)10-17)21(19,20)18-9-8-11-4-1-2-6-14(11)18/h3,5,7,11,14H,1-2,4,6,8-9H2. The number of fused-ring (bicyclic) bond motifs is 1. The molecular weight excluding hydrogens is 291 g/mol. The molecule has 1 aliphatic carbocycles. The Hall–Kier alpha value is -1.45. The van der Waals surface area contributed by atoms with Crippen molar-refractivity contribution in [2.75, 3.05) is 6.54 Å². The highest BCUT2D eigenvalue weighted by Gasteiger charge is 2.43. The Morgan fingerprint density at radius 3 is 2.76 bits per heavy atom. The molecule has 2 unspecified atom stereocenters. The van der Waals surface area contributed by atoms with Crippen LogP contribution in [0.15, 0.2) is 23.1 Å². The lowest BCUT2D eigenvalue weighted by Gasteiger charge is -2.31. The van der Waals surface area contributed by atoms with Crippen molar-refractivity contribution in [2.24, 2.45) is 5.92 Å². The molecule has 1 aromatic rings. The first kappa shape index (κ1) is 14.5. The number of halogens is 1. The lowest BCUT2D eigenvalue weighted by atomic mass is 9.86. The van der Waals surface area contributed by atoms with Gasteiger partial charge in [0.25, 0.3) is 0 Å². The predicted octanol–water partition coefficient (Wildman–Crippen LogP) is 2.65. The third-order valence-corrected chi connectivity index (χ3v) is 6.60. The van der Waals surface area contributed by atoms with E-state index in [2.05, 4.69) is 0 Å². The Bertz CT molecular complexity index is 696. The van der Waals surface area contributed by atoms with Gasteiger partial charge < -0.3 is 0 Å². The topological polar surface area (TPSA) is 61.2 Å². The smallest absolute Gasteiger partial charge is 0.207 e. The molecule has 2 fully saturated rings. The summed E-state index contributed by atoms with van der Waals surface area (Å²) >= 11 is 0. The molecule has 1 saturated carbocycles. The molecule has 1 aromatic carbocycles. The van der Waals surface area contributed by atoms with Crippen LogP contribution in [-0.2, 0) is 10.0 Å². The van der Waals surface area contributed by atoms with Crippen molar-refractivity contribution in [2.45, 2.75) is 43.0 Å². The second kappa shape index (κ2) is 5.39. The quantitative estimate of drug-likeness (QED) is 0.844. The number of rotatable bonds is 2. The summed E-state index contributed by atoms with van der Waals surface area (Å²) in [5, 5.41) is 9.06. The van der Waals surface area contributed by atoms with Crippen LogP contribution in [0, 0.1) is 23.1 Å². The minimum absolute atomic E-state index is 0.0126. The van der Waals surface area contributed by atoms with Crippen LogP contribution in [0.4, 0.5) is 4.39 Å². The molecule has 0 amide bonds. The van der Waals surface area contributed by atoms with Crippen molar-refractivity contribution >= 4 is 10.0 Å². The predicted molar refractivity (Wildman–Crippen MR) is 75.4 cm³/mol. The summed E-state index contributed by atoms with van der Waals surface area (Å²) < 4.78 is 40.8. The monoisotopic (exact) mass is 308 g/mol. The van der Waals surface area contributed by atoms with E-state index in [1.165, 1.54) is 16.4 Å². The van der Waals surface area contributed by atoms with Crippen LogP contribution >= 0.6 is 0 Å². The van der Waals surface area contributed by atoms with Gasteiger partial charge in [0.15, 0.2) is 0 Å². The molecule has 2 aliphatic rings. The Balaban J connectivity index is 2.02. The highest BCUT2D eigenvalue weighted by atomic mass is 32.2. The van der Waals surface area contributed by atoms with Crippen LogP contribution in [0.3, 0.4) is 0 Å². The van der Waals surface area contributed by atoms with E-state index in [4.69, 9.17) is 5.26 Å². The molecule has 0 N–H and O–H groups in total. The van der Waals surface area contributed by atoms with E-state index >= 15 is 0 Å². The summed E-state index contributed by atoms with van der Waals surface area (Å²) in [4.78, 5) is -0.198. The third-order valence-electron chi connectivity index (χ3n) is 4.63. The second-order valence-electron chi connectivity index (χ2n) is 5.74. The molecule has 1 saturated heterocycles. The van der Waals surface area contributed by atoms with Crippen molar-refractivity contribution in [3.05, 3.63) is 29.6 Å². The number of sulfonamides is 1. The lowest BCUT2D eigenvalue weighted by Crippen LogP contribution is -2.39. The average Bonchev–Trinajstić information content (AvgIpc) is 2.91. The molecule has 21 heavy (non-hydrogen) atoms. The van der Waals surface area contributed by atoms with Gasteiger partial charge in [-0.15, -0.1) is 0 Å². The van der Waals surface area contributed by atoms with Crippen molar-refractivity contribution in [1.82, 2.24) is 4.31 Å². The number of benzene rings is 1. The first-order valence-corrected chi connectivity index (χ1v) is 8.70. The van der Waals surface area contributed by atoms with Gasteiger partial charge in [-0.05, 0) is 37.3 Å². The molecule has 1 heterocycles. The minimum Gasteiger partial charge on any atom is -0.207 e. The molecule has 0 radical (unpaired) electrons.